The zero-order chi connectivity index (χ0) is 11.3. The monoisotopic (exact) mass is 228 g/mol. The maximum absolute atomic E-state index is 10.7. The van der Waals surface area contributed by atoms with Crippen molar-refractivity contribution in [2.24, 2.45) is 0 Å². The standard InChI is InChI=1S/C11H13ClO3/c1-8(7-14-2)15-11-4-3-10(12)5-9(11)6-13/h3-6,8H,7H2,1-2H3. The molecule has 0 aliphatic carbocycles. The van der Waals surface area contributed by atoms with Crippen molar-refractivity contribution in [2.75, 3.05) is 13.7 Å². The van der Waals surface area contributed by atoms with Crippen LogP contribution >= 0.6 is 11.6 Å². The van der Waals surface area contributed by atoms with Gasteiger partial charge in [-0.2, -0.15) is 0 Å². The molecule has 0 aromatic heterocycles. The minimum absolute atomic E-state index is 0.102. The second kappa shape index (κ2) is 5.73. The van der Waals surface area contributed by atoms with Gasteiger partial charge < -0.3 is 9.47 Å². The fourth-order valence-electron chi connectivity index (χ4n) is 1.20. The van der Waals surface area contributed by atoms with Crippen LogP contribution in [-0.4, -0.2) is 26.1 Å². The van der Waals surface area contributed by atoms with E-state index >= 15 is 0 Å². The molecule has 82 valence electrons. The Bertz CT molecular complexity index is 339. The van der Waals surface area contributed by atoms with Gasteiger partial charge in [0.15, 0.2) is 6.29 Å². The highest BCUT2D eigenvalue weighted by molar-refractivity contribution is 6.30. The first-order valence-corrected chi connectivity index (χ1v) is 4.95. The molecule has 0 aliphatic heterocycles. The van der Waals surface area contributed by atoms with Crippen molar-refractivity contribution < 1.29 is 14.3 Å². The number of carbonyl (C=O) groups excluding carboxylic acids is 1. The topological polar surface area (TPSA) is 35.5 Å². The van der Waals surface area contributed by atoms with E-state index in [2.05, 4.69) is 0 Å². The molecule has 0 bridgehead atoms. The zero-order valence-corrected chi connectivity index (χ0v) is 9.45. The molecular formula is C11H13ClO3. The SMILES string of the molecule is COCC(C)Oc1ccc(Cl)cc1C=O. The lowest BCUT2D eigenvalue weighted by Crippen LogP contribution is -2.18. The summed E-state index contributed by atoms with van der Waals surface area (Å²) < 4.78 is 10.5. The normalized spacial score (nSPS) is 12.2. The average Bonchev–Trinajstić information content (AvgIpc) is 2.21. The van der Waals surface area contributed by atoms with Crippen molar-refractivity contribution in [3.05, 3.63) is 28.8 Å². The second-order valence-corrected chi connectivity index (χ2v) is 3.62. The predicted octanol–water partition coefficient (Wildman–Crippen LogP) is 2.57. The summed E-state index contributed by atoms with van der Waals surface area (Å²) in [6.45, 7) is 2.34. The molecule has 1 atom stereocenters. The van der Waals surface area contributed by atoms with E-state index < -0.39 is 0 Å². The Morgan fingerprint density at radius 1 is 1.53 bits per heavy atom. The molecule has 1 aromatic carbocycles. The Morgan fingerprint density at radius 3 is 2.87 bits per heavy atom. The summed E-state index contributed by atoms with van der Waals surface area (Å²) in [5.74, 6) is 0.527. The Kier molecular flexibility index (Phi) is 4.59. The van der Waals surface area contributed by atoms with Gasteiger partial charge in [-0.3, -0.25) is 4.79 Å². The van der Waals surface area contributed by atoms with Gasteiger partial charge in [-0.15, -0.1) is 0 Å². The first-order chi connectivity index (χ1) is 7.17. The van der Waals surface area contributed by atoms with Crippen molar-refractivity contribution in [1.82, 2.24) is 0 Å². The Balaban J connectivity index is 2.80. The number of rotatable bonds is 5. The van der Waals surface area contributed by atoms with Gasteiger partial charge in [0, 0.05) is 12.1 Å². The molecule has 0 radical (unpaired) electrons. The molecule has 1 unspecified atom stereocenters. The molecule has 0 saturated carbocycles. The summed E-state index contributed by atoms with van der Waals surface area (Å²) in [7, 11) is 1.60. The molecule has 0 spiro atoms. The molecule has 0 saturated heterocycles. The molecule has 0 amide bonds. The number of carbonyl (C=O) groups is 1. The number of benzene rings is 1. The molecule has 0 N–H and O–H groups in total. The molecule has 1 aromatic rings. The molecule has 15 heavy (non-hydrogen) atoms. The number of aldehydes is 1. The lowest BCUT2D eigenvalue weighted by Gasteiger charge is -2.15. The van der Waals surface area contributed by atoms with E-state index in [1.54, 1.807) is 25.3 Å². The van der Waals surface area contributed by atoms with Crippen LogP contribution in [0.4, 0.5) is 0 Å². The first kappa shape index (κ1) is 12.0. The lowest BCUT2D eigenvalue weighted by molar-refractivity contribution is 0.0905. The number of methoxy groups -OCH3 is 1. The Hall–Kier alpha value is -1.06. The van der Waals surface area contributed by atoms with E-state index in [4.69, 9.17) is 21.1 Å². The van der Waals surface area contributed by atoms with Gasteiger partial charge >= 0.3 is 0 Å². The largest absolute Gasteiger partial charge is 0.488 e. The summed E-state index contributed by atoms with van der Waals surface area (Å²) in [5, 5.41) is 0.517. The molecule has 0 heterocycles. The van der Waals surface area contributed by atoms with Crippen LogP contribution in [0.5, 0.6) is 5.75 Å². The highest BCUT2D eigenvalue weighted by Crippen LogP contribution is 2.22. The summed E-state index contributed by atoms with van der Waals surface area (Å²) in [5.41, 5.74) is 0.449. The minimum atomic E-state index is -0.102. The van der Waals surface area contributed by atoms with Crippen molar-refractivity contribution >= 4 is 17.9 Å². The van der Waals surface area contributed by atoms with Crippen molar-refractivity contribution in [3.8, 4) is 5.75 Å². The summed E-state index contributed by atoms with van der Waals surface area (Å²) in [6.07, 6.45) is 0.621. The number of halogens is 1. The van der Waals surface area contributed by atoms with Crippen LogP contribution in [0.3, 0.4) is 0 Å². The van der Waals surface area contributed by atoms with Crippen LogP contribution in [0.2, 0.25) is 5.02 Å². The van der Waals surface area contributed by atoms with E-state index in [0.29, 0.717) is 22.9 Å². The van der Waals surface area contributed by atoms with Crippen molar-refractivity contribution in [1.29, 1.82) is 0 Å². The van der Waals surface area contributed by atoms with Crippen LogP contribution in [0.1, 0.15) is 17.3 Å². The fraction of sp³-hybridized carbons (Fsp3) is 0.364. The smallest absolute Gasteiger partial charge is 0.153 e. The van der Waals surface area contributed by atoms with Crippen LogP contribution in [0, 0.1) is 0 Å². The second-order valence-electron chi connectivity index (χ2n) is 3.18. The van der Waals surface area contributed by atoms with Gasteiger partial charge in [0.2, 0.25) is 0 Å². The van der Waals surface area contributed by atoms with Crippen LogP contribution in [-0.2, 0) is 4.74 Å². The van der Waals surface area contributed by atoms with Gasteiger partial charge in [-0.1, -0.05) is 11.6 Å². The molecule has 1 rings (SSSR count). The number of hydrogen-bond acceptors (Lipinski definition) is 3. The maximum atomic E-state index is 10.7. The van der Waals surface area contributed by atoms with Gasteiger partial charge in [0.1, 0.15) is 11.9 Å². The van der Waals surface area contributed by atoms with Gasteiger partial charge in [-0.25, -0.2) is 0 Å². The van der Waals surface area contributed by atoms with Crippen LogP contribution in [0.15, 0.2) is 18.2 Å². The van der Waals surface area contributed by atoms with Gasteiger partial charge in [0.25, 0.3) is 0 Å². The summed E-state index contributed by atoms with van der Waals surface area (Å²) in [4.78, 5) is 10.7. The first-order valence-electron chi connectivity index (χ1n) is 4.57. The average molecular weight is 229 g/mol. The van der Waals surface area contributed by atoms with E-state index in [9.17, 15) is 4.79 Å². The minimum Gasteiger partial charge on any atom is -0.488 e. The predicted molar refractivity (Wildman–Crippen MR) is 58.8 cm³/mol. The van der Waals surface area contributed by atoms with Crippen LogP contribution < -0.4 is 4.74 Å². The summed E-state index contributed by atoms with van der Waals surface area (Å²) >= 11 is 5.75. The molecule has 0 aliphatic rings. The van der Waals surface area contributed by atoms with Crippen molar-refractivity contribution in [3.63, 3.8) is 0 Å². The number of hydrogen-bond donors (Lipinski definition) is 0. The molecule has 3 nitrogen and oxygen atoms in total. The molecule has 0 fully saturated rings. The quantitative estimate of drug-likeness (QED) is 0.727. The Morgan fingerprint density at radius 2 is 2.27 bits per heavy atom. The zero-order valence-electron chi connectivity index (χ0n) is 8.70. The lowest BCUT2D eigenvalue weighted by atomic mass is 10.2. The van der Waals surface area contributed by atoms with Crippen LogP contribution in [0.25, 0.3) is 0 Å². The van der Waals surface area contributed by atoms with E-state index in [-0.39, 0.29) is 6.10 Å². The van der Waals surface area contributed by atoms with Crippen molar-refractivity contribution in [2.45, 2.75) is 13.0 Å². The van der Waals surface area contributed by atoms with E-state index in [1.807, 2.05) is 6.92 Å². The highest BCUT2D eigenvalue weighted by Gasteiger charge is 2.08. The maximum Gasteiger partial charge on any atom is 0.153 e. The third-order valence-corrected chi connectivity index (χ3v) is 2.06. The molecule has 4 heteroatoms. The van der Waals surface area contributed by atoms with E-state index in [0.717, 1.165) is 6.29 Å². The number of ether oxygens (including phenoxy) is 2. The highest BCUT2D eigenvalue weighted by atomic mass is 35.5. The third-order valence-electron chi connectivity index (χ3n) is 1.83. The third kappa shape index (κ3) is 3.53. The van der Waals surface area contributed by atoms with E-state index in [1.165, 1.54) is 0 Å². The fourth-order valence-corrected chi connectivity index (χ4v) is 1.38. The Labute approximate surface area is 93.9 Å². The van der Waals surface area contributed by atoms with Gasteiger partial charge in [-0.05, 0) is 25.1 Å². The summed E-state index contributed by atoms with van der Waals surface area (Å²) in [6, 6.07) is 4.94. The molecular weight excluding hydrogens is 216 g/mol. The van der Waals surface area contributed by atoms with Gasteiger partial charge in [0.05, 0.1) is 12.2 Å².